The van der Waals surface area contributed by atoms with Crippen molar-refractivity contribution in [2.45, 2.75) is 53.4 Å². The average Bonchev–Trinajstić information content (AvgIpc) is 3.55. The molecule has 1 fully saturated rings. The Labute approximate surface area is 180 Å². The van der Waals surface area contributed by atoms with Gasteiger partial charge in [-0.2, -0.15) is 0 Å². The highest BCUT2D eigenvalue weighted by Crippen LogP contribution is 2.33. The lowest BCUT2D eigenvalue weighted by molar-refractivity contribution is 0.0967. The van der Waals surface area contributed by atoms with Gasteiger partial charge in [0, 0.05) is 28.4 Å². The van der Waals surface area contributed by atoms with Gasteiger partial charge in [-0.3, -0.25) is 9.59 Å². The highest BCUT2D eigenvalue weighted by Gasteiger charge is 2.30. The number of carbonyl (C=O) groups excluding carboxylic acids is 2. The van der Waals surface area contributed by atoms with Crippen LogP contribution in [0.2, 0.25) is 0 Å². The van der Waals surface area contributed by atoms with Crippen LogP contribution in [0.5, 0.6) is 0 Å². The highest BCUT2D eigenvalue weighted by molar-refractivity contribution is 5.99. The lowest BCUT2D eigenvalue weighted by Crippen LogP contribution is -2.00. The SMILES string of the molecule is C=C(/C=C(\C=C/C)c1cc(C=O)c(CCC)[nH]1)c1ccc(C(=O)C2CC2)cc1.CC. The van der Waals surface area contributed by atoms with E-state index < -0.39 is 0 Å². The van der Waals surface area contributed by atoms with E-state index in [4.69, 9.17) is 0 Å². The second-order valence-electron chi connectivity index (χ2n) is 7.33. The van der Waals surface area contributed by atoms with Crippen LogP contribution < -0.4 is 0 Å². The number of hydrogen-bond donors (Lipinski definition) is 1. The quantitative estimate of drug-likeness (QED) is 0.276. The van der Waals surface area contributed by atoms with Crippen LogP contribution in [0.1, 0.15) is 84.6 Å². The molecule has 0 bridgehead atoms. The Morgan fingerprint density at radius 1 is 1.17 bits per heavy atom. The molecule has 1 saturated carbocycles. The first-order valence-corrected chi connectivity index (χ1v) is 10.9. The van der Waals surface area contributed by atoms with Crippen molar-refractivity contribution in [3.05, 3.63) is 83.2 Å². The minimum atomic E-state index is 0.229. The molecular weight excluding hydrogens is 370 g/mol. The van der Waals surface area contributed by atoms with Crippen LogP contribution in [0.15, 0.2) is 55.1 Å². The topological polar surface area (TPSA) is 49.9 Å². The molecule has 0 unspecified atom stereocenters. The van der Waals surface area contributed by atoms with E-state index in [9.17, 15) is 9.59 Å². The number of hydrogen-bond acceptors (Lipinski definition) is 2. The molecule has 30 heavy (non-hydrogen) atoms. The number of allylic oxidation sites excluding steroid dienone is 5. The molecule has 0 spiro atoms. The first kappa shape index (κ1) is 23.3. The van der Waals surface area contributed by atoms with Crippen LogP contribution in [-0.4, -0.2) is 17.1 Å². The Kier molecular flexibility index (Phi) is 8.79. The molecule has 1 heterocycles. The Hall–Kier alpha value is -2.94. The summed E-state index contributed by atoms with van der Waals surface area (Å²) in [4.78, 5) is 26.9. The van der Waals surface area contributed by atoms with Crippen molar-refractivity contribution in [3.63, 3.8) is 0 Å². The van der Waals surface area contributed by atoms with E-state index in [2.05, 4.69) is 18.5 Å². The molecule has 3 heteroatoms. The smallest absolute Gasteiger partial charge is 0.165 e. The van der Waals surface area contributed by atoms with Gasteiger partial charge >= 0.3 is 0 Å². The first-order chi connectivity index (χ1) is 14.6. The van der Waals surface area contributed by atoms with Crippen LogP contribution in [0.3, 0.4) is 0 Å². The number of aromatic amines is 1. The Morgan fingerprint density at radius 3 is 2.33 bits per heavy atom. The Balaban J connectivity index is 0.00000155. The summed E-state index contributed by atoms with van der Waals surface area (Å²) >= 11 is 0. The molecule has 0 atom stereocenters. The predicted octanol–water partition coefficient (Wildman–Crippen LogP) is 7.07. The molecule has 3 nitrogen and oxygen atoms in total. The van der Waals surface area contributed by atoms with Gasteiger partial charge in [0.2, 0.25) is 0 Å². The summed E-state index contributed by atoms with van der Waals surface area (Å²) in [7, 11) is 0. The molecule has 0 radical (unpaired) electrons. The summed E-state index contributed by atoms with van der Waals surface area (Å²) in [5, 5.41) is 0. The van der Waals surface area contributed by atoms with Crippen LogP contribution in [0.4, 0.5) is 0 Å². The molecule has 1 aromatic heterocycles. The number of aldehydes is 1. The van der Waals surface area contributed by atoms with Gasteiger partial charge in [-0.05, 0) is 55.0 Å². The summed E-state index contributed by atoms with van der Waals surface area (Å²) in [6.45, 7) is 12.3. The van der Waals surface area contributed by atoms with E-state index in [1.54, 1.807) is 0 Å². The molecule has 158 valence electrons. The standard InChI is InChI=1S/C25H27NO2.C2H6/c1-4-6-21(24-15-22(16-27)23(26-24)7-5-2)14-17(3)18-8-10-19(11-9-18)25(28)20-12-13-20;1-2/h4,6,8-11,14-16,20,26H,3,5,7,12-13H2,1-2H3;1-2H3/b6-4-,21-14+;. The zero-order chi connectivity index (χ0) is 22.1. The summed E-state index contributed by atoms with van der Waals surface area (Å²) in [5.41, 5.74) is 6.17. The van der Waals surface area contributed by atoms with Crippen molar-refractivity contribution >= 4 is 23.2 Å². The van der Waals surface area contributed by atoms with E-state index in [1.807, 2.05) is 69.3 Å². The first-order valence-electron chi connectivity index (χ1n) is 10.9. The maximum absolute atomic E-state index is 12.2. The molecule has 2 aromatic rings. The fourth-order valence-corrected chi connectivity index (χ4v) is 3.33. The second-order valence-corrected chi connectivity index (χ2v) is 7.33. The van der Waals surface area contributed by atoms with Gasteiger partial charge < -0.3 is 4.98 Å². The van der Waals surface area contributed by atoms with Crippen LogP contribution in [0, 0.1) is 5.92 Å². The maximum atomic E-state index is 12.2. The van der Waals surface area contributed by atoms with Crippen molar-refractivity contribution in [2.24, 2.45) is 5.92 Å². The monoisotopic (exact) mass is 403 g/mol. The average molecular weight is 404 g/mol. The van der Waals surface area contributed by atoms with Crippen LogP contribution >= 0.6 is 0 Å². The van der Waals surface area contributed by atoms with Crippen molar-refractivity contribution in [1.29, 1.82) is 0 Å². The Bertz CT molecular complexity index is 938. The molecule has 1 aliphatic carbocycles. The van der Waals surface area contributed by atoms with Crippen molar-refractivity contribution in [1.82, 2.24) is 4.98 Å². The number of rotatable bonds is 9. The maximum Gasteiger partial charge on any atom is 0.165 e. The lowest BCUT2D eigenvalue weighted by Gasteiger charge is -2.06. The number of aryl methyl sites for hydroxylation is 1. The molecule has 1 N–H and O–H groups in total. The number of nitrogens with one attached hydrogen (secondary N) is 1. The number of H-pyrrole nitrogens is 1. The van der Waals surface area contributed by atoms with Gasteiger partial charge in [0.25, 0.3) is 0 Å². The van der Waals surface area contributed by atoms with Gasteiger partial charge in [-0.15, -0.1) is 0 Å². The summed E-state index contributed by atoms with van der Waals surface area (Å²) in [6, 6.07) is 9.59. The summed E-state index contributed by atoms with van der Waals surface area (Å²) in [6.07, 6.45) is 10.7. The fourth-order valence-electron chi connectivity index (χ4n) is 3.33. The molecule has 0 saturated heterocycles. The third-order valence-corrected chi connectivity index (χ3v) is 5.04. The molecule has 1 aliphatic rings. The highest BCUT2D eigenvalue weighted by atomic mass is 16.1. The molecular formula is C27H33NO2. The predicted molar refractivity (Wildman–Crippen MR) is 127 cm³/mol. The molecule has 0 aliphatic heterocycles. The van der Waals surface area contributed by atoms with Gasteiger partial charge in [-0.1, -0.05) is 70.2 Å². The van der Waals surface area contributed by atoms with Crippen molar-refractivity contribution in [2.75, 3.05) is 0 Å². The number of carbonyl (C=O) groups is 2. The van der Waals surface area contributed by atoms with Gasteiger partial charge in [0.15, 0.2) is 12.1 Å². The Morgan fingerprint density at radius 2 is 1.80 bits per heavy atom. The second kappa shape index (κ2) is 11.3. The van der Waals surface area contributed by atoms with E-state index in [-0.39, 0.29) is 11.7 Å². The largest absolute Gasteiger partial charge is 0.358 e. The third-order valence-electron chi connectivity index (χ3n) is 5.04. The number of Topliss-reactive ketones (excluding diaryl/α,β-unsaturated/α-hetero) is 1. The van der Waals surface area contributed by atoms with Gasteiger partial charge in [0.05, 0.1) is 0 Å². The van der Waals surface area contributed by atoms with E-state index in [1.165, 1.54) is 0 Å². The minimum Gasteiger partial charge on any atom is -0.358 e. The van der Waals surface area contributed by atoms with Gasteiger partial charge in [-0.25, -0.2) is 0 Å². The zero-order valence-corrected chi connectivity index (χ0v) is 18.6. The van der Waals surface area contributed by atoms with Gasteiger partial charge in [0.1, 0.15) is 0 Å². The summed E-state index contributed by atoms with van der Waals surface area (Å²) in [5.74, 6) is 0.478. The number of ketones is 1. The van der Waals surface area contributed by atoms with Crippen LogP contribution in [0.25, 0.3) is 11.1 Å². The third kappa shape index (κ3) is 5.79. The van der Waals surface area contributed by atoms with E-state index >= 15 is 0 Å². The fraction of sp³-hybridized carbons (Fsp3) is 0.333. The molecule has 1 aromatic carbocycles. The molecule has 0 amide bonds. The van der Waals surface area contributed by atoms with Crippen LogP contribution in [-0.2, 0) is 6.42 Å². The lowest BCUT2D eigenvalue weighted by atomic mass is 9.99. The normalized spacial score (nSPS) is 13.7. The summed E-state index contributed by atoms with van der Waals surface area (Å²) < 4.78 is 0. The number of benzene rings is 1. The van der Waals surface area contributed by atoms with E-state index in [0.717, 1.165) is 65.6 Å². The van der Waals surface area contributed by atoms with E-state index in [0.29, 0.717) is 5.56 Å². The molecule has 3 rings (SSSR count). The van der Waals surface area contributed by atoms with Crippen molar-refractivity contribution in [3.8, 4) is 0 Å². The van der Waals surface area contributed by atoms with Crippen molar-refractivity contribution < 1.29 is 9.59 Å². The number of aromatic nitrogens is 1. The zero-order valence-electron chi connectivity index (χ0n) is 18.6. The minimum absolute atomic E-state index is 0.229.